The maximum Gasteiger partial charge on any atom is 0.328 e. The molecule has 1 atom stereocenters. The Bertz CT molecular complexity index is 429. The van der Waals surface area contributed by atoms with Gasteiger partial charge in [0.05, 0.1) is 6.61 Å². The third kappa shape index (κ3) is 3.48. The van der Waals surface area contributed by atoms with Crippen molar-refractivity contribution >= 4 is 12.2 Å². The number of hydrogen-bond donors (Lipinski definition) is 2. The fourth-order valence-electron chi connectivity index (χ4n) is 1.17. The van der Waals surface area contributed by atoms with Crippen LogP contribution in [0.2, 0.25) is 0 Å². The van der Waals surface area contributed by atoms with Gasteiger partial charge in [-0.3, -0.25) is 4.99 Å². The van der Waals surface area contributed by atoms with Crippen LogP contribution < -0.4 is 4.74 Å². The van der Waals surface area contributed by atoms with E-state index in [4.69, 9.17) is 9.84 Å². The molecule has 1 aromatic carbocycles. The summed E-state index contributed by atoms with van der Waals surface area (Å²) in [4.78, 5) is 14.4. The Labute approximate surface area is 99.4 Å². The summed E-state index contributed by atoms with van der Waals surface area (Å²) in [6.07, 6.45) is 1.33. The van der Waals surface area contributed by atoms with E-state index in [1.165, 1.54) is 13.1 Å². The molecule has 0 heterocycles. The first-order valence-electron chi connectivity index (χ1n) is 5.27. The van der Waals surface area contributed by atoms with Gasteiger partial charge in [-0.2, -0.15) is 0 Å². The summed E-state index contributed by atoms with van der Waals surface area (Å²) in [7, 11) is 0. The number of rotatable bonds is 5. The van der Waals surface area contributed by atoms with Gasteiger partial charge in [0.25, 0.3) is 0 Å². The maximum absolute atomic E-state index is 10.6. The highest BCUT2D eigenvalue weighted by Crippen LogP contribution is 2.28. The van der Waals surface area contributed by atoms with Crippen LogP contribution in [-0.4, -0.2) is 35.0 Å². The van der Waals surface area contributed by atoms with Crippen molar-refractivity contribution in [2.45, 2.75) is 19.9 Å². The summed E-state index contributed by atoms with van der Waals surface area (Å²) < 4.78 is 5.20. The smallest absolute Gasteiger partial charge is 0.328 e. The first kappa shape index (κ1) is 13.0. The summed E-state index contributed by atoms with van der Waals surface area (Å²) in [5, 5.41) is 18.5. The molecule has 0 aliphatic carbocycles. The van der Waals surface area contributed by atoms with Crippen molar-refractivity contribution in [1.29, 1.82) is 0 Å². The highest BCUT2D eigenvalue weighted by atomic mass is 16.5. The number of phenols is 1. The van der Waals surface area contributed by atoms with Gasteiger partial charge in [-0.25, -0.2) is 4.79 Å². The number of benzene rings is 1. The van der Waals surface area contributed by atoms with Crippen molar-refractivity contribution in [2.75, 3.05) is 6.61 Å². The minimum absolute atomic E-state index is 0.0318. The molecule has 0 aliphatic rings. The summed E-state index contributed by atoms with van der Waals surface area (Å²) >= 11 is 0. The molecule has 17 heavy (non-hydrogen) atoms. The molecular weight excluding hydrogens is 222 g/mol. The van der Waals surface area contributed by atoms with E-state index in [1.54, 1.807) is 18.2 Å². The highest BCUT2D eigenvalue weighted by Gasteiger charge is 2.09. The van der Waals surface area contributed by atoms with Crippen LogP contribution in [0.5, 0.6) is 11.5 Å². The van der Waals surface area contributed by atoms with Crippen LogP contribution in [0.15, 0.2) is 23.2 Å². The van der Waals surface area contributed by atoms with Crippen molar-refractivity contribution in [3.05, 3.63) is 23.8 Å². The molecule has 0 aliphatic heterocycles. The molecule has 0 unspecified atom stereocenters. The van der Waals surface area contributed by atoms with Gasteiger partial charge in [-0.1, -0.05) is 6.07 Å². The molecule has 92 valence electrons. The molecule has 1 rings (SSSR count). The number of para-hydroxylation sites is 1. The second-order valence-electron chi connectivity index (χ2n) is 3.42. The Hall–Kier alpha value is -2.04. The van der Waals surface area contributed by atoms with E-state index in [2.05, 4.69) is 4.99 Å². The zero-order valence-electron chi connectivity index (χ0n) is 9.75. The number of carboxylic acids is 1. The predicted molar refractivity (Wildman–Crippen MR) is 64.0 cm³/mol. The minimum atomic E-state index is -1.01. The third-order valence-corrected chi connectivity index (χ3v) is 2.12. The lowest BCUT2D eigenvalue weighted by molar-refractivity contribution is -0.137. The quantitative estimate of drug-likeness (QED) is 0.764. The Balaban J connectivity index is 2.91. The Morgan fingerprint density at radius 1 is 1.59 bits per heavy atom. The third-order valence-electron chi connectivity index (χ3n) is 2.12. The van der Waals surface area contributed by atoms with Gasteiger partial charge in [-0.05, 0) is 26.0 Å². The fourth-order valence-corrected chi connectivity index (χ4v) is 1.17. The molecule has 5 heteroatoms. The Morgan fingerprint density at radius 3 is 2.88 bits per heavy atom. The van der Waals surface area contributed by atoms with Gasteiger partial charge in [0.15, 0.2) is 11.5 Å². The predicted octanol–water partition coefficient (Wildman–Crippen LogP) is 1.68. The number of aliphatic imine (C=N–C) groups is 1. The second-order valence-corrected chi connectivity index (χ2v) is 3.42. The molecule has 0 spiro atoms. The number of hydrogen-bond acceptors (Lipinski definition) is 4. The molecule has 0 radical (unpaired) electrons. The average Bonchev–Trinajstić information content (AvgIpc) is 2.30. The van der Waals surface area contributed by atoms with Crippen molar-refractivity contribution in [3.63, 3.8) is 0 Å². The lowest BCUT2D eigenvalue weighted by Gasteiger charge is -2.07. The minimum Gasteiger partial charge on any atom is -0.504 e. The molecule has 0 fully saturated rings. The summed E-state index contributed by atoms with van der Waals surface area (Å²) in [6.45, 7) is 3.72. The maximum atomic E-state index is 10.6. The molecule has 0 saturated carbocycles. The van der Waals surface area contributed by atoms with Crippen LogP contribution in [0.4, 0.5) is 0 Å². The number of aliphatic carboxylic acids is 1. The average molecular weight is 237 g/mol. The lowest BCUT2D eigenvalue weighted by atomic mass is 10.2. The molecule has 0 aromatic heterocycles. The molecular formula is C12H15NO4. The number of aromatic hydroxyl groups is 1. The van der Waals surface area contributed by atoms with E-state index in [0.717, 1.165) is 0 Å². The molecule has 0 bridgehead atoms. The fraction of sp³-hybridized carbons (Fsp3) is 0.333. The normalized spacial score (nSPS) is 12.6. The first-order valence-corrected chi connectivity index (χ1v) is 5.27. The van der Waals surface area contributed by atoms with E-state index in [-0.39, 0.29) is 5.75 Å². The van der Waals surface area contributed by atoms with Crippen LogP contribution >= 0.6 is 0 Å². The van der Waals surface area contributed by atoms with Gasteiger partial charge in [-0.15, -0.1) is 0 Å². The van der Waals surface area contributed by atoms with E-state index < -0.39 is 12.0 Å². The van der Waals surface area contributed by atoms with Crippen molar-refractivity contribution < 1.29 is 19.7 Å². The van der Waals surface area contributed by atoms with Crippen LogP contribution in [0.1, 0.15) is 19.4 Å². The number of phenolic OH excluding ortho intramolecular Hbond substituents is 1. The standard InChI is InChI=1S/C12H15NO4/c1-3-17-10-6-4-5-9(11(10)14)7-13-8(2)12(15)16/h4-8,14H,3H2,1-2H3,(H,15,16)/t8-/m0/s1. The highest BCUT2D eigenvalue weighted by molar-refractivity contribution is 5.87. The zero-order valence-corrected chi connectivity index (χ0v) is 9.75. The Kier molecular flexibility index (Phi) is 4.51. The number of ether oxygens (including phenoxy) is 1. The van der Waals surface area contributed by atoms with E-state index in [1.807, 2.05) is 6.92 Å². The molecule has 5 nitrogen and oxygen atoms in total. The van der Waals surface area contributed by atoms with Crippen molar-refractivity contribution in [2.24, 2.45) is 4.99 Å². The second kappa shape index (κ2) is 5.89. The lowest BCUT2D eigenvalue weighted by Crippen LogP contribution is -2.13. The first-order chi connectivity index (χ1) is 8.06. The SMILES string of the molecule is CCOc1cccc(C=N[C@@H](C)C(=O)O)c1O. The topological polar surface area (TPSA) is 79.1 Å². The van der Waals surface area contributed by atoms with Gasteiger partial charge in [0.2, 0.25) is 0 Å². The van der Waals surface area contributed by atoms with E-state index in [9.17, 15) is 9.90 Å². The van der Waals surface area contributed by atoms with E-state index in [0.29, 0.717) is 17.9 Å². The number of carbonyl (C=O) groups is 1. The molecule has 0 amide bonds. The van der Waals surface area contributed by atoms with Crippen LogP contribution in [0, 0.1) is 0 Å². The van der Waals surface area contributed by atoms with Gasteiger partial charge in [0, 0.05) is 11.8 Å². The summed E-state index contributed by atoms with van der Waals surface area (Å²) in [6, 6.07) is 4.13. The summed E-state index contributed by atoms with van der Waals surface area (Å²) in [5.74, 6) is -0.684. The van der Waals surface area contributed by atoms with Crippen LogP contribution in [0.3, 0.4) is 0 Å². The largest absolute Gasteiger partial charge is 0.504 e. The van der Waals surface area contributed by atoms with Gasteiger partial charge in [0.1, 0.15) is 6.04 Å². The van der Waals surface area contributed by atoms with Crippen LogP contribution in [0.25, 0.3) is 0 Å². The van der Waals surface area contributed by atoms with E-state index >= 15 is 0 Å². The van der Waals surface area contributed by atoms with Crippen LogP contribution in [-0.2, 0) is 4.79 Å². The van der Waals surface area contributed by atoms with Crippen molar-refractivity contribution in [1.82, 2.24) is 0 Å². The van der Waals surface area contributed by atoms with Gasteiger partial charge >= 0.3 is 5.97 Å². The monoisotopic (exact) mass is 237 g/mol. The molecule has 2 N–H and O–H groups in total. The molecule has 0 saturated heterocycles. The number of carboxylic acid groups (broad SMARTS) is 1. The molecule has 1 aromatic rings. The van der Waals surface area contributed by atoms with Crippen molar-refractivity contribution in [3.8, 4) is 11.5 Å². The number of nitrogens with zero attached hydrogens (tertiary/aromatic N) is 1. The zero-order chi connectivity index (χ0) is 12.8. The summed E-state index contributed by atoms with van der Waals surface area (Å²) in [5.41, 5.74) is 0.434. The Morgan fingerprint density at radius 2 is 2.29 bits per heavy atom. The van der Waals surface area contributed by atoms with Gasteiger partial charge < -0.3 is 14.9 Å².